The highest BCUT2D eigenvalue weighted by molar-refractivity contribution is 7.14. The van der Waals surface area contributed by atoms with Crippen molar-refractivity contribution in [2.75, 3.05) is 12.4 Å². The molecule has 3 aromatic rings. The van der Waals surface area contributed by atoms with Crippen molar-refractivity contribution < 1.29 is 27.4 Å². The zero-order valence-electron chi connectivity index (χ0n) is 19.0. The molecule has 0 saturated carbocycles. The van der Waals surface area contributed by atoms with Gasteiger partial charge in [0.15, 0.2) is 10.7 Å². The number of thiazole rings is 1. The summed E-state index contributed by atoms with van der Waals surface area (Å²) in [4.78, 5) is 16.4. The van der Waals surface area contributed by atoms with Crippen LogP contribution >= 0.6 is 11.3 Å². The van der Waals surface area contributed by atoms with Crippen LogP contribution in [0, 0.1) is 13.8 Å². The summed E-state index contributed by atoms with van der Waals surface area (Å²) in [5.41, 5.74) is 2.31. The Bertz CT molecular complexity index is 1140. The molecule has 0 aliphatic rings. The monoisotopic (exact) mass is 478 g/mol. The first-order chi connectivity index (χ1) is 15.4. The second-order valence-electron chi connectivity index (χ2n) is 8.11. The first kappa shape index (κ1) is 24.6. The summed E-state index contributed by atoms with van der Waals surface area (Å²) in [6, 6.07) is 8.81. The third-order valence-electron chi connectivity index (χ3n) is 5.12. The van der Waals surface area contributed by atoms with E-state index in [1.165, 1.54) is 30.6 Å². The van der Waals surface area contributed by atoms with Crippen molar-refractivity contribution in [1.82, 2.24) is 4.98 Å². The van der Waals surface area contributed by atoms with Crippen molar-refractivity contribution in [1.29, 1.82) is 0 Å². The number of carbonyl (C=O) groups is 1. The van der Waals surface area contributed by atoms with Crippen LogP contribution in [0.25, 0.3) is 11.3 Å². The number of anilines is 1. The number of nitrogens with zero attached hydrogens (tertiary/aromatic N) is 1. The summed E-state index contributed by atoms with van der Waals surface area (Å²) in [5.74, 6) is 0.142. The number of esters is 1. The number of hydrogen-bond donors (Lipinski definition) is 1. The Morgan fingerprint density at radius 1 is 1.09 bits per heavy atom. The average molecular weight is 479 g/mol. The van der Waals surface area contributed by atoms with E-state index in [9.17, 15) is 18.0 Å². The van der Waals surface area contributed by atoms with Crippen molar-refractivity contribution in [2.45, 2.75) is 46.0 Å². The van der Waals surface area contributed by atoms with Gasteiger partial charge in [0.2, 0.25) is 0 Å². The Kier molecular flexibility index (Phi) is 7.02. The highest BCUT2D eigenvalue weighted by atomic mass is 32.1. The number of halogens is 3. The Morgan fingerprint density at radius 2 is 1.76 bits per heavy atom. The van der Waals surface area contributed by atoms with E-state index in [2.05, 4.69) is 10.3 Å². The molecule has 0 aliphatic heterocycles. The number of benzene rings is 2. The fourth-order valence-electron chi connectivity index (χ4n) is 3.20. The zero-order valence-corrected chi connectivity index (χ0v) is 19.8. The van der Waals surface area contributed by atoms with Gasteiger partial charge in [-0.15, -0.1) is 11.3 Å². The molecule has 176 valence electrons. The zero-order chi connectivity index (χ0) is 24.4. The highest BCUT2D eigenvalue weighted by Gasteiger charge is 2.32. The van der Waals surface area contributed by atoms with Crippen molar-refractivity contribution in [2.24, 2.45) is 0 Å². The molecule has 0 saturated heterocycles. The van der Waals surface area contributed by atoms with Crippen molar-refractivity contribution in [3.8, 4) is 17.0 Å². The van der Waals surface area contributed by atoms with E-state index >= 15 is 0 Å². The second kappa shape index (κ2) is 9.43. The summed E-state index contributed by atoms with van der Waals surface area (Å²) in [5, 5.41) is 5.72. The fourth-order valence-corrected chi connectivity index (χ4v) is 3.92. The van der Waals surface area contributed by atoms with Gasteiger partial charge < -0.3 is 14.8 Å². The molecular formula is C24H25F3N2O3S. The Hall–Kier alpha value is -3.07. The van der Waals surface area contributed by atoms with E-state index < -0.39 is 23.3 Å². The van der Waals surface area contributed by atoms with E-state index in [0.29, 0.717) is 28.7 Å². The van der Waals surface area contributed by atoms with Crippen LogP contribution in [-0.4, -0.2) is 23.7 Å². The van der Waals surface area contributed by atoms with Crippen LogP contribution in [0.3, 0.4) is 0 Å². The molecule has 2 aromatic carbocycles. The number of rotatable bonds is 7. The summed E-state index contributed by atoms with van der Waals surface area (Å²) in [7, 11) is 1.32. The molecule has 9 heteroatoms. The van der Waals surface area contributed by atoms with Crippen LogP contribution in [0.1, 0.15) is 36.1 Å². The maximum Gasteiger partial charge on any atom is 0.416 e. The van der Waals surface area contributed by atoms with Gasteiger partial charge in [-0.2, -0.15) is 13.2 Å². The number of ether oxygens (including phenoxy) is 2. The van der Waals surface area contributed by atoms with Gasteiger partial charge in [0, 0.05) is 17.5 Å². The van der Waals surface area contributed by atoms with E-state index in [-0.39, 0.29) is 0 Å². The maximum absolute atomic E-state index is 12.8. The van der Waals surface area contributed by atoms with Crippen LogP contribution in [0.4, 0.5) is 18.3 Å². The van der Waals surface area contributed by atoms with Gasteiger partial charge >= 0.3 is 12.1 Å². The number of nitrogens with one attached hydrogen (secondary N) is 1. The van der Waals surface area contributed by atoms with Gasteiger partial charge in [-0.1, -0.05) is 18.2 Å². The topological polar surface area (TPSA) is 60.5 Å². The molecule has 0 spiro atoms. The Morgan fingerprint density at radius 3 is 2.36 bits per heavy atom. The molecule has 0 radical (unpaired) electrons. The fraction of sp³-hybridized carbons (Fsp3) is 0.333. The lowest BCUT2D eigenvalue weighted by molar-refractivity contribution is -0.156. The third kappa shape index (κ3) is 5.84. The van der Waals surface area contributed by atoms with Gasteiger partial charge in [-0.3, -0.25) is 0 Å². The first-order valence-corrected chi connectivity index (χ1v) is 11.0. The predicted molar refractivity (Wildman–Crippen MR) is 123 cm³/mol. The Balaban J connectivity index is 1.69. The molecule has 0 amide bonds. The average Bonchev–Trinajstić information content (AvgIpc) is 3.23. The molecule has 0 atom stereocenters. The lowest BCUT2D eigenvalue weighted by atomic mass is 10.0. The first-order valence-electron chi connectivity index (χ1n) is 10.2. The quantitative estimate of drug-likeness (QED) is 0.399. The summed E-state index contributed by atoms with van der Waals surface area (Å²) < 4.78 is 48.9. The molecule has 1 heterocycles. The molecule has 33 heavy (non-hydrogen) atoms. The number of aromatic nitrogens is 1. The van der Waals surface area contributed by atoms with Crippen LogP contribution in [0.15, 0.2) is 41.8 Å². The minimum Gasteiger partial charge on any atom is -0.476 e. The number of alkyl halides is 3. The minimum atomic E-state index is -4.36. The molecule has 1 N–H and O–H groups in total. The molecular weight excluding hydrogens is 453 g/mol. The SMILES string of the molecule is COC(=O)C(C)(C)Oc1cc(C)c(CNc2nc(-c3ccc(C(F)(F)F)cc3)cs2)cc1C. The molecule has 0 aliphatic carbocycles. The summed E-state index contributed by atoms with van der Waals surface area (Å²) in [6.07, 6.45) is -4.36. The van der Waals surface area contributed by atoms with Gasteiger partial charge in [0.05, 0.1) is 18.4 Å². The van der Waals surface area contributed by atoms with Gasteiger partial charge in [0.1, 0.15) is 5.75 Å². The lowest BCUT2D eigenvalue weighted by Crippen LogP contribution is -2.39. The number of aryl methyl sites for hydroxylation is 2. The normalized spacial score (nSPS) is 11.9. The summed E-state index contributed by atoms with van der Waals surface area (Å²) in [6.45, 7) is 7.66. The van der Waals surface area contributed by atoms with Crippen LogP contribution < -0.4 is 10.1 Å². The lowest BCUT2D eigenvalue weighted by Gasteiger charge is -2.25. The van der Waals surface area contributed by atoms with Crippen LogP contribution in [0.5, 0.6) is 5.75 Å². The van der Waals surface area contributed by atoms with Crippen LogP contribution in [-0.2, 0) is 22.3 Å². The van der Waals surface area contributed by atoms with E-state index in [1.807, 2.05) is 26.0 Å². The van der Waals surface area contributed by atoms with Gasteiger partial charge in [0.25, 0.3) is 0 Å². The maximum atomic E-state index is 12.8. The Labute approximate surface area is 194 Å². The largest absolute Gasteiger partial charge is 0.476 e. The highest BCUT2D eigenvalue weighted by Crippen LogP contribution is 2.32. The number of methoxy groups -OCH3 is 1. The van der Waals surface area contributed by atoms with E-state index in [1.54, 1.807) is 19.2 Å². The smallest absolute Gasteiger partial charge is 0.416 e. The molecule has 5 nitrogen and oxygen atoms in total. The van der Waals surface area contributed by atoms with Crippen molar-refractivity contribution in [3.05, 3.63) is 64.0 Å². The minimum absolute atomic E-state index is 0.460. The third-order valence-corrected chi connectivity index (χ3v) is 5.92. The van der Waals surface area contributed by atoms with E-state index in [0.717, 1.165) is 28.8 Å². The number of carbonyl (C=O) groups excluding carboxylic acids is 1. The molecule has 0 unspecified atom stereocenters. The molecule has 1 aromatic heterocycles. The van der Waals surface area contributed by atoms with Crippen molar-refractivity contribution in [3.63, 3.8) is 0 Å². The summed E-state index contributed by atoms with van der Waals surface area (Å²) >= 11 is 1.38. The van der Waals surface area contributed by atoms with E-state index in [4.69, 9.17) is 9.47 Å². The van der Waals surface area contributed by atoms with Gasteiger partial charge in [-0.05, 0) is 62.6 Å². The number of hydrogen-bond acceptors (Lipinski definition) is 6. The predicted octanol–water partition coefficient (Wildman–Crippen LogP) is 6.39. The standard InChI is InChI=1S/C24H25F3N2O3S/c1-14-11-20(32-23(3,4)21(30)31-5)15(2)10-17(14)12-28-22-29-19(13-33-22)16-6-8-18(9-7-16)24(25,26)27/h6-11,13H,12H2,1-5H3,(H,28,29). The van der Waals surface area contributed by atoms with Crippen molar-refractivity contribution >= 4 is 22.4 Å². The molecule has 0 fully saturated rings. The second-order valence-corrected chi connectivity index (χ2v) is 8.97. The molecule has 0 bridgehead atoms. The molecule has 3 rings (SSSR count). The van der Waals surface area contributed by atoms with Gasteiger partial charge in [-0.25, -0.2) is 9.78 Å². The van der Waals surface area contributed by atoms with Crippen LogP contribution in [0.2, 0.25) is 0 Å².